The molecule has 2 aromatic heterocycles. The zero-order valence-electron chi connectivity index (χ0n) is 33.0. The van der Waals surface area contributed by atoms with E-state index in [2.05, 4.69) is 37.7 Å². The summed E-state index contributed by atoms with van der Waals surface area (Å²) in [5.41, 5.74) is 2.52. The number of ether oxygens (including phenoxy) is 2. The van der Waals surface area contributed by atoms with Crippen LogP contribution in [-0.2, 0) is 31.0 Å². The number of benzene rings is 3. The van der Waals surface area contributed by atoms with Gasteiger partial charge in [-0.2, -0.15) is 18.3 Å². The molecule has 7 rings (SSSR count). The first kappa shape index (κ1) is 41.9. The Morgan fingerprint density at radius 1 is 0.783 bits per heavy atom. The number of halogens is 4. The highest BCUT2D eigenvalue weighted by Crippen LogP contribution is 2.31. The number of hydrogen-bond donors (Lipinski definition) is 2. The lowest BCUT2D eigenvalue weighted by molar-refractivity contribution is -0.143. The molecular weight excluding hydrogens is 783 g/mol. The van der Waals surface area contributed by atoms with Gasteiger partial charge in [0, 0.05) is 57.9 Å². The molecule has 2 N–H and O–H groups in total. The Bertz CT molecular complexity index is 2270. The Morgan fingerprint density at radius 3 is 2.13 bits per heavy atom. The maximum absolute atomic E-state index is 14.4. The lowest BCUT2D eigenvalue weighted by Gasteiger charge is -2.34. The minimum Gasteiger partial charge on any atom is -0.445 e. The summed E-state index contributed by atoms with van der Waals surface area (Å²) in [6.07, 6.45) is -1.24. The summed E-state index contributed by atoms with van der Waals surface area (Å²) >= 11 is 0. The summed E-state index contributed by atoms with van der Waals surface area (Å²) in [6.45, 7) is 3.90. The zero-order valence-corrected chi connectivity index (χ0v) is 33.0. The second kappa shape index (κ2) is 18.7. The number of hydrogen-bond acceptors (Lipinski definition) is 8. The Morgan fingerprint density at radius 2 is 1.47 bits per heavy atom. The maximum Gasteiger partial charge on any atom is 0.433 e. The minimum absolute atomic E-state index is 0.0687. The molecule has 314 valence electrons. The lowest BCUT2D eigenvalue weighted by Crippen LogP contribution is -2.49. The first-order valence-electron chi connectivity index (χ1n) is 19.8. The van der Waals surface area contributed by atoms with Crippen LogP contribution < -0.4 is 15.4 Å². The molecule has 1 aliphatic carbocycles. The van der Waals surface area contributed by atoms with Gasteiger partial charge in [-0.25, -0.2) is 14.2 Å². The second-order valence-corrected chi connectivity index (χ2v) is 15.0. The molecule has 16 heteroatoms. The SMILES string of the molecule is Cn1nc(C(=O)NC2CCC(NC(=O)c3cc(F)cnc3Oc3cccc(-c4ccc(CCN5CCN(C(=O)OCc6ccccc6)CC5)cc4)c3)CC2)cc1C(F)(F)F. The molecular formula is C44H45F4N7O5. The van der Waals surface area contributed by atoms with Gasteiger partial charge < -0.3 is 25.0 Å². The molecule has 1 saturated carbocycles. The highest BCUT2D eigenvalue weighted by Gasteiger charge is 2.36. The summed E-state index contributed by atoms with van der Waals surface area (Å²) in [7, 11) is 1.12. The predicted molar refractivity (Wildman–Crippen MR) is 214 cm³/mol. The topological polar surface area (TPSA) is 131 Å². The molecule has 60 heavy (non-hydrogen) atoms. The molecule has 2 aliphatic rings. The molecule has 0 atom stereocenters. The van der Waals surface area contributed by atoms with E-state index in [1.165, 1.54) is 5.56 Å². The van der Waals surface area contributed by atoms with Crippen LogP contribution in [0.1, 0.15) is 63.4 Å². The van der Waals surface area contributed by atoms with Crippen molar-refractivity contribution in [2.24, 2.45) is 7.05 Å². The molecule has 3 amide bonds. The number of carbonyl (C=O) groups excluding carboxylic acids is 3. The first-order chi connectivity index (χ1) is 28.9. The van der Waals surface area contributed by atoms with Crippen LogP contribution in [0.25, 0.3) is 11.1 Å². The Labute approximate surface area is 344 Å². The van der Waals surface area contributed by atoms with Gasteiger partial charge >= 0.3 is 12.3 Å². The number of nitrogens with zero attached hydrogens (tertiary/aromatic N) is 5. The molecule has 3 heterocycles. The van der Waals surface area contributed by atoms with Gasteiger partial charge in [0.15, 0.2) is 5.69 Å². The molecule has 5 aromatic rings. The third-order valence-corrected chi connectivity index (χ3v) is 10.8. The number of aryl methyl sites for hydroxylation is 1. The van der Waals surface area contributed by atoms with Gasteiger partial charge in [0.1, 0.15) is 29.4 Å². The monoisotopic (exact) mass is 827 g/mol. The number of aromatic nitrogens is 3. The standard InChI is InChI=1S/C44H45F4N7O5/c1-53-39(44(46,47)48)26-38(52-53)41(57)51-35-16-14-34(15-17-35)50-40(56)37-25-33(45)27-49-42(37)60-36-9-5-8-32(24-36)31-12-10-29(11-13-31)18-19-54-20-22-55(23-21-54)43(58)59-28-30-6-3-2-4-7-30/h2-13,24-27,34-35H,14-23,28H2,1H3,(H,50,56)(H,51,57). The van der Waals surface area contributed by atoms with E-state index < -0.39 is 29.5 Å². The van der Waals surface area contributed by atoms with Crippen molar-refractivity contribution in [2.45, 2.75) is 57.0 Å². The fourth-order valence-corrected chi connectivity index (χ4v) is 7.39. The summed E-state index contributed by atoms with van der Waals surface area (Å²) in [5, 5.41) is 9.34. The zero-order chi connectivity index (χ0) is 42.2. The number of piperazine rings is 1. The highest BCUT2D eigenvalue weighted by atomic mass is 19.4. The van der Waals surface area contributed by atoms with Crippen LogP contribution in [0, 0.1) is 5.82 Å². The van der Waals surface area contributed by atoms with Crippen molar-refractivity contribution in [3.05, 3.63) is 131 Å². The van der Waals surface area contributed by atoms with Gasteiger partial charge in [0.05, 0.1) is 6.20 Å². The Kier molecular flexibility index (Phi) is 13.1. The Hall–Kier alpha value is -6.29. The molecule has 0 spiro atoms. The van der Waals surface area contributed by atoms with Gasteiger partial charge in [-0.05, 0) is 72.6 Å². The van der Waals surface area contributed by atoms with E-state index >= 15 is 0 Å². The van der Waals surface area contributed by atoms with E-state index in [1.807, 2.05) is 60.7 Å². The number of pyridine rings is 1. The van der Waals surface area contributed by atoms with Crippen LogP contribution in [0.5, 0.6) is 11.6 Å². The summed E-state index contributed by atoms with van der Waals surface area (Å²) < 4.78 is 66.0. The van der Waals surface area contributed by atoms with Crippen LogP contribution in [-0.4, -0.2) is 87.3 Å². The van der Waals surface area contributed by atoms with Crippen LogP contribution in [0.15, 0.2) is 97.2 Å². The van der Waals surface area contributed by atoms with E-state index in [0.29, 0.717) is 55.3 Å². The minimum atomic E-state index is -4.64. The predicted octanol–water partition coefficient (Wildman–Crippen LogP) is 7.40. The molecule has 1 aliphatic heterocycles. The number of alkyl halides is 3. The van der Waals surface area contributed by atoms with Gasteiger partial charge in [-0.15, -0.1) is 0 Å². The molecule has 0 radical (unpaired) electrons. The molecule has 12 nitrogen and oxygen atoms in total. The van der Waals surface area contributed by atoms with E-state index in [-0.39, 0.29) is 41.9 Å². The van der Waals surface area contributed by atoms with Crippen molar-refractivity contribution >= 4 is 17.9 Å². The number of nitrogens with one attached hydrogen (secondary N) is 2. The van der Waals surface area contributed by atoms with Crippen LogP contribution >= 0.6 is 0 Å². The van der Waals surface area contributed by atoms with Crippen molar-refractivity contribution in [1.82, 2.24) is 35.2 Å². The van der Waals surface area contributed by atoms with Gasteiger partial charge in [-0.3, -0.25) is 19.2 Å². The van der Waals surface area contributed by atoms with Gasteiger partial charge in [0.25, 0.3) is 11.8 Å². The molecule has 2 fully saturated rings. The summed E-state index contributed by atoms with van der Waals surface area (Å²) in [6, 6.07) is 26.3. The van der Waals surface area contributed by atoms with Crippen molar-refractivity contribution in [3.63, 3.8) is 0 Å². The Balaban J connectivity index is 0.878. The van der Waals surface area contributed by atoms with E-state index in [4.69, 9.17) is 9.47 Å². The fraction of sp³-hybridized carbons (Fsp3) is 0.341. The quantitative estimate of drug-likeness (QED) is 0.125. The van der Waals surface area contributed by atoms with Crippen molar-refractivity contribution in [1.29, 1.82) is 0 Å². The average Bonchev–Trinajstić information content (AvgIpc) is 3.67. The lowest BCUT2D eigenvalue weighted by atomic mass is 9.91. The van der Waals surface area contributed by atoms with E-state index in [1.54, 1.807) is 11.0 Å². The van der Waals surface area contributed by atoms with E-state index in [0.717, 1.165) is 62.1 Å². The van der Waals surface area contributed by atoms with Crippen molar-refractivity contribution in [3.8, 4) is 22.8 Å². The third-order valence-electron chi connectivity index (χ3n) is 10.8. The third kappa shape index (κ3) is 10.8. The van der Waals surface area contributed by atoms with Gasteiger partial charge in [0.2, 0.25) is 5.88 Å². The first-order valence-corrected chi connectivity index (χ1v) is 19.8. The number of rotatable bonds is 12. The summed E-state index contributed by atoms with van der Waals surface area (Å²) in [4.78, 5) is 46.8. The second-order valence-electron chi connectivity index (χ2n) is 15.0. The van der Waals surface area contributed by atoms with Crippen molar-refractivity contribution in [2.75, 3.05) is 32.7 Å². The smallest absolute Gasteiger partial charge is 0.433 e. The van der Waals surface area contributed by atoms with E-state index in [9.17, 15) is 31.9 Å². The summed E-state index contributed by atoms with van der Waals surface area (Å²) in [5.74, 6) is -1.66. The molecule has 3 aromatic carbocycles. The molecule has 0 unspecified atom stereocenters. The highest BCUT2D eigenvalue weighted by molar-refractivity contribution is 5.96. The molecule has 0 bridgehead atoms. The van der Waals surface area contributed by atoms with Crippen molar-refractivity contribution < 1.29 is 41.4 Å². The number of carbonyl (C=O) groups is 3. The van der Waals surface area contributed by atoms with Crippen LogP contribution in [0.2, 0.25) is 0 Å². The van der Waals surface area contributed by atoms with Crippen LogP contribution in [0.4, 0.5) is 22.4 Å². The fourth-order valence-electron chi connectivity index (χ4n) is 7.39. The number of amides is 3. The molecule has 1 saturated heterocycles. The van der Waals surface area contributed by atoms with Crippen LogP contribution in [0.3, 0.4) is 0 Å². The van der Waals surface area contributed by atoms with Gasteiger partial charge in [-0.1, -0.05) is 66.7 Å². The average molecular weight is 828 g/mol. The largest absolute Gasteiger partial charge is 0.445 e. The normalized spacial score (nSPS) is 17.2. The maximum atomic E-state index is 14.4.